The first-order chi connectivity index (χ1) is 15.1. The number of amides is 2. The lowest BCUT2D eigenvalue weighted by molar-refractivity contribution is -0.137. The van der Waals surface area contributed by atoms with Crippen LogP contribution in [0.2, 0.25) is 0 Å². The molecule has 31 heavy (non-hydrogen) atoms. The van der Waals surface area contributed by atoms with Crippen molar-refractivity contribution in [3.63, 3.8) is 0 Å². The van der Waals surface area contributed by atoms with Crippen molar-refractivity contribution in [2.24, 2.45) is 0 Å². The molecule has 8 heteroatoms. The van der Waals surface area contributed by atoms with Gasteiger partial charge in [-0.05, 0) is 36.8 Å². The average molecular weight is 438 g/mol. The second-order valence-corrected chi connectivity index (χ2v) is 7.97. The second-order valence-electron chi connectivity index (χ2n) is 7.11. The summed E-state index contributed by atoms with van der Waals surface area (Å²) in [6, 6.07) is 14.7. The van der Waals surface area contributed by atoms with Crippen LogP contribution in [0.4, 0.5) is 5.13 Å². The van der Waals surface area contributed by atoms with Crippen molar-refractivity contribution in [3.8, 4) is 17.0 Å². The maximum absolute atomic E-state index is 12.6. The van der Waals surface area contributed by atoms with Gasteiger partial charge in [-0.15, -0.1) is 11.3 Å². The van der Waals surface area contributed by atoms with Crippen molar-refractivity contribution < 1.29 is 19.1 Å². The number of anilines is 1. The zero-order valence-electron chi connectivity index (χ0n) is 17.2. The number of carbonyl (C=O) groups excluding carboxylic acids is 2. The number of nitrogens with one attached hydrogen (secondary N) is 1. The molecule has 1 aliphatic heterocycles. The van der Waals surface area contributed by atoms with Gasteiger partial charge in [-0.2, -0.15) is 0 Å². The molecule has 2 aromatic carbocycles. The van der Waals surface area contributed by atoms with E-state index in [1.165, 1.54) is 11.3 Å². The molecule has 0 saturated carbocycles. The van der Waals surface area contributed by atoms with Gasteiger partial charge >= 0.3 is 0 Å². The molecular weight excluding hydrogens is 414 g/mol. The van der Waals surface area contributed by atoms with Gasteiger partial charge in [-0.25, -0.2) is 4.98 Å². The van der Waals surface area contributed by atoms with Crippen LogP contribution in [-0.4, -0.2) is 54.6 Å². The predicted octanol–water partition coefficient (Wildman–Crippen LogP) is 3.61. The van der Waals surface area contributed by atoms with E-state index in [9.17, 15) is 9.59 Å². The third-order valence-corrected chi connectivity index (χ3v) is 5.75. The van der Waals surface area contributed by atoms with Crippen LogP contribution in [0.15, 0.2) is 53.9 Å². The highest BCUT2D eigenvalue weighted by atomic mass is 32.1. The van der Waals surface area contributed by atoms with Crippen molar-refractivity contribution in [2.45, 2.75) is 6.92 Å². The summed E-state index contributed by atoms with van der Waals surface area (Å²) in [5.41, 5.74) is 3.51. The summed E-state index contributed by atoms with van der Waals surface area (Å²) in [7, 11) is 0. The number of hydrogen-bond donors (Lipinski definition) is 1. The summed E-state index contributed by atoms with van der Waals surface area (Å²) in [4.78, 5) is 31.0. The Bertz CT molecular complexity index is 1060. The van der Waals surface area contributed by atoms with E-state index < -0.39 is 0 Å². The molecule has 2 heterocycles. The van der Waals surface area contributed by atoms with Crippen molar-refractivity contribution >= 4 is 28.3 Å². The van der Waals surface area contributed by atoms with E-state index in [0.717, 1.165) is 16.8 Å². The number of nitrogens with zero attached hydrogens (tertiary/aromatic N) is 2. The minimum atomic E-state index is -0.248. The fourth-order valence-electron chi connectivity index (χ4n) is 3.24. The predicted molar refractivity (Wildman–Crippen MR) is 120 cm³/mol. The Labute approximate surface area is 184 Å². The zero-order valence-corrected chi connectivity index (χ0v) is 18.0. The second kappa shape index (κ2) is 9.72. The highest BCUT2D eigenvalue weighted by molar-refractivity contribution is 7.14. The average Bonchev–Trinajstić information content (AvgIpc) is 3.26. The van der Waals surface area contributed by atoms with Crippen LogP contribution in [0, 0.1) is 6.92 Å². The Morgan fingerprint density at radius 2 is 1.87 bits per heavy atom. The Kier molecular flexibility index (Phi) is 6.59. The molecular formula is C23H23N3O4S. The third-order valence-electron chi connectivity index (χ3n) is 4.99. The van der Waals surface area contributed by atoms with Gasteiger partial charge in [0.05, 0.1) is 18.9 Å². The third kappa shape index (κ3) is 5.28. The molecule has 0 aliphatic carbocycles. The normalized spacial score (nSPS) is 13.6. The van der Waals surface area contributed by atoms with Gasteiger partial charge in [-0.1, -0.05) is 24.3 Å². The molecule has 1 saturated heterocycles. The van der Waals surface area contributed by atoms with Gasteiger partial charge in [0.15, 0.2) is 11.7 Å². The lowest BCUT2D eigenvalue weighted by Crippen LogP contribution is -2.42. The van der Waals surface area contributed by atoms with Crippen molar-refractivity contribution in [1.82, 2.24) is 9.88 Å². The SMILES string of the molecule is Cc1ccccc1-c1csc(NC(=O)c2ccc(OCC(=O)N3CCOCC3)cc2)n1. The van der Waals surface area contributed by atoms with E-state index in [0.29, 0.717) is 42.7 Å². The fourth-order valence-corrected chi connectivity index (χ4v) is 3.94. The lowest BCUT2D eigenvalue weighted by atomic mass is 10.1. The molecule has 1 fully saturated rings. The highest BCUT2D eigenvalue weighted by Gasteiger charge is 2.17. The summed E-state index contributed by atoms with van der Waals surface area (Å²) in [6.07, 6.45) is 0. The number of benzene rings is 2. The van der Waals surface area contributed by atoms with Crippen molar-refractivity contribution in [1.29, 1.82) is 0 Å². The van der Waals surface area contributed by atoms with E-state index in [1.54, 1.807) is 29.2 Å². The van der Waals surface area contributed by atoms with Gasteiger partial charge in [0.25, 0.3) is 11.8 Å². The Balaban J connectivity index is 1.32. The van der Waals surface area contributed by atoms with Gasteiger partial charge in [0.2, 0.25) is 0 Å². The fraction of sp³-hybridized carbons (Fsp3) is 0.261. The molecule has 1 aliphatic rings. The Morgan fingerprint density at radius 1 is 1.13 bits per heavy atom. The zero-order chi connectivity index (χ0) is 21.6. The number of aromatic nitrogens is 1. The summed E-state index contributed by atoms with van der Waals surface area (Å²) in [5.74, 6) is 0.217. The number of thiazole rings is 1. The van der Waals surface area contributed by atoms with Crippen LogP contribution in [0.3, 0.4) is 0 Å². The molecule has 3 aromatic rings. The first-order valence-electron chi connectivity index (χ1n) is 10.0. The van der Waals surface area contributed by atoms with E-state index in [2.05, 4.69) is 10.3 Å². The van der Waals surface area contributed by atoms with Crippen molar-refractivity contribution in [2.75, 3.05) is 38.2 Å². The lowest BCUT2D eigenvalue weighted by Gasteiger charge is -2.26. The monoisotopic (exact) mass is 437 g/mol. The first kappa shape index (κ1) is 21.0. The molecule has 0 atom stereocenters. The van der Waals surface area contributed by atoms with Crippen LogP contribution < -0.4 is 10.1 Å². The van der Waals surface area contributed by atoms with Crippen LogP contribution in [0.5, 0.6) is 5.75 Å². The Morgan fingerprint density at radius 3 is 2.61 bits per heavy atom. The molecule has 1 N–H and O–H groups in total. The summed E-state index contributed by atoms with van der Waals surface area (Å²) >= 11 is 1.39. The molecule has 1 aromatic heterocycles. The topological polar surface area (TPSA) is 80.8 Å². The van der Waals surface area contributed by atoms with Crippen LogP contribution in [0.25, 0.3) is 11.3 Å². The van der Waals surface area contributed by atoms with Gasteiger partial charge in [-0.3, -0.25) is 14.9 Å². The molecule has 7 nitrogen and oxygen atoms in total. The standard InChI is InChI=1S/C23H23N3O4S/c1-16-4-2-3-5-19(16)20-15-31-23(24-20)25-22(28)17-6-8-18(9-7-17)30-14-21(27)26-10-12-29-13-11-26/h2-9,15H,10-14H2,1H3,(H,24,25,28). The van der Waals surface area contributed by atoms with Gasteiger partial charge < -0.3 is 14.4 Å². The summed E-state index contributed by atoms with van der Waals surface area (Å²) in [5, 5.41) is 5.31. The van der Waals surface area contributed by atoms with Crippen LogP contribution >= 0.6 is 11.3 Å². The van der Waals surface area contributed by atoms with Gasteiger partial charge in [0.1, 0.15) is 5.75 Å². The number of ether oxygens (including phenoxy) is 2. The maximum Gasteiger partial charge on any atom is 0.260 e. The number of morpholine rings is 1. The first-order valence-corrected chi connectivity index (χ1v) is 10.9. The van der Waals surface area contributed by atoms with E-state index >= 15 is 0 Å². The minimum absolute atomic E-state index is 0.0354. The van der Waals surface area contributed by atoms with Gasteiger partial charge in [0, 0.05) is 29.6 Å². The van der Waals surface area contributed by atoms with Crippen LogP contribution in [-0.2, 0) is 9.53 Å². The molecule has 0 unspecified atom stereocenters. The summed E-state index contributed by atoms with van der Waals surface area (Å²) in [6.45, 7) is 4.28. The molecule has 0 spiro atoms. The highest BCUT2D eigenvalue weighted by Crippen LogP contribution is 2.27. The molecule has 4 rings (SSSR count). The van der Waals surface area contributed by atoms with Crippen LogP contribution in [0.1, 0.15) is 15.9 Å². The number of rotatable bonds is 6. The Hall–Kier alpha value is -3.23. The summed E-state index contributed by atoms with van der Waals surface area (Å²) < 4.78 is 10.8. The van der Waals surface area contributed by atoms with E-state index in [1.807, 2.05) is 36.6 Å². The molecule has 0 bridgehead atoms. The molecule has 0 radical (unpaired) electrons. The number of carbonyl (C=O) groups is 2. The minimum Gasteiger partial charge on any atom is -0.484 e. The van der Waals surface area contributed by atoms with E-state index in [4.69, 9.17) is 9.47 Å². The number of hydrogen-bond acceptors (Lipinski definition) is 6. The van der Waals surface area contributed by atoms with E-state index in [-0.39, 0.29) is 18.4 Å². The quantitative estimate of drug-likeness (QED) is 0.637. The maximum atomic E-state index is 12.6. The molecule has 160 valence electrons. The largest absolute Gasteiger partial charge is 0.484 e. The van der Waals surface area contributed by atoms with Crippen molar-refractivity contribution in [3.05, 3.63) is 65.0 Å². The molecule has 2 amide bonds. The smallest absolute Gasteiger partial charge is 0.260 e. The number of aryl methyl sites for hydroxylation is 1.